The van der Waals surface area contributed by atoms with Crippen molar-refractivity contribution < 1.29 is 18.8 Å². The highest BCUT2D eigenvalue weighted by Gasteiger charge is 2.17. The average molecular weight is 228 g/mol. The molecule has 0 amide bonds. The predicted molar refractivity (Wildman–Crippen MR) is 53.2 cm³/mol. The number of methoxy groups -OCH3 is 1. The molecule has 0 unspecified atom stereocenters. The molecule has 0 aliphatic heterocycles. The minimum Gasteiger partial charge on any atom is -0.469 e. The normalized spacial score (nSPS) is 9.88. The molecule has 0 aliphatic rings. The minimum atomic E-state index is -0.855. The zero-order chi connectivity index (χ0) is 12.3. The lowest BCUT2D eigenvalue weighted by Gasteiger charge is -2.04. The van der Waals surface area contributed by atoms with Gasteiger partial charge in [0.2, 0.25) is 0 Å². The molecule has 2 N–H and O–H groups in total. The Bertz CT molecular complexity index is 447. The molecule has 7 heteroatoms. The van der Waals surface area contributed by atoms with Crippen LogP contribution in [0.15, 0.2) is 12.1 Å². The topological polar surface area (TPSA) is 95.5 Å². The number of nitrogen functional groups attached to an aromatic ring is 1. The number of carbonyl (C=O) groups is 1. The monoisotopic (exact) mass is 228 g/mol. The number of nitro groups is 1. The number of nitro benzene ring substituents is 1. The van der Waals surface area contributed by atoms with Gasteiger partial charge in [-0.1, -0.05) is 0 Å². The highest BCUT2D eigenvalue weighted by molar-refractivity contribution is 5.74. The molecular formula is C9H9FN2O4. The summed E-state index contributed by atoms with van der Waals surface area (Å²) < 4.78 is 17.7. The van der Waals surface area contributed by atoms with Crippen LogP contribution in [0.3, 0.4) is 0 Å². The number of hydrogen-bond donors (Lipinski definition) is 1. The average Bonchev–Trinajstić information content (AvgIpc) is 2.22. The summed E-state index contributed by atoms with van der Waals surface area (Å²) in [5, 5.41) is 10.4. The first kappa shape index (κ1) is 11.9. The van der Waals surface area contributed by atoms with Crippen LogP contribution < -0.4 is 5.73 Å². The molecule has 0 bridgehead atoms. The van der Waals surface area contributed by atoms with E-state index in [-0.39, 0.29) is 17.7 Å². The molecular weight excluding hydrogens is 219 g/mol. The van der Waals surface area contributed by atoms with E-state index in [1.165, 1.54) is 0 Å². The molecule has 0 aliphatic carbocycles. The van der Waals surface area contributed by atoms with E-state index in [4.69, 9.17) is 5.73 Å². The van der Waals surface area contributed by atoms with E-state index in [0.717, 1.165) is 13.2 Å². The first-order chi connectivity index (χ1) is 7.45. The summed E-state index contributed by atoms with van der Waals surface area (Å²) in [7, 11) is 1.16. The van der Waals surface area contributed by atoms with Crippen molar-refractivity contribution in [2.45, 2.75) is 6.42 Å². The van der Waals surface area contributed by atoms with Crippen LogP contribution in [-0.2, 0) is 16.0 Å². The largest absolute Gasteiger partial charge is 0.469 e. The van der Waals surface area contributed by atoms with Crippen LogP contribution in [0.1, 0.15) is 5.56 Å². The molecule has 0 saturated heterocycles. The molecule has 1 aromatic carbocycles. The number of ether oxygens (including phenoxy) is 1. The first-order valence-electron chi connectivity index (χ1n) is 4.24. The third-order valence-electron chi connectivity index (χ3n) is 1.95. The number of esters is 1. The molecule has 6 nitrogen and oxygen atoms in total. The maximum Gasteiger partial charge on any atom is 0.310 e. The molecule has 0 saturated carbocycles. The van der Waals surface area contributed by atoms with Crippen molar-refractivity contribution in [1.82, 2.24) is 0 Å². The summed E-state index contributed by atoms with van der Waals surface area (Å²) in [6.07, 6.45) is -0.315. The number of halogens is 1. The van der Waals surface area contributed by atoms with E-state index in [0.29, 0.717) is 6.07 Å². The van der Waals surface area contributed by atoms with Crippen LogP contribution >= 0.6 is 0 Å². The third-order valence-corrected chi connectivity index (χ3v) is 1.95. The van der Waals surface area contributed by atoms with Crippen LogP contribution in [0.2, 0.25) is 0 Å². The van der Waals surface area contributed by atoms with E-state index < -0.39 is 22.4 Å². The molecule has 0 fully saturated rings. The lowest BCUT2D eigenvalue weighted by molar-refractivity contribution is -0.384. The summed E-state index contributed by atoms with van der Waals surface area (Å²) in [4.78, 5) is 20.5. The Morgan fingerprint density at radius 2 is 2.25 bits per heavy atom. The molecule has 0 spiro atoms. The van der Waals surface area contributed by atoms with Gasteiger partial charge >= 0.3 is 5.97 Å². The summed E-state index contributed by atoms with van der Waals surface area (Å²) in [6, 6.07) is 1.75. The molecule has 16 heavy (non-hydrogen) atoms. The summed E-state index contributed by atoms with van der Waals surface area (Å²) in [5.74, 6) is -1.50. The quantitative estimate of drug-likeness (QED) is 0.361. The Morgan fingerprint density at radius 1 is 1.62 bits per heavy atom. The van der Waals surface area contributed by atoms with Gasteiger partial charge in [0.1, 0.15) is 11.5 Å². The van der Waals surface area contributed by atoms with Gasteiger partial charge in [-0.2, -0.15) is 0 Å². The highest BCUT2D eigenvalue weighted by Crippen LogP contribution is 2.25. The second kappa shape index (κ2) is 4.56. The molecule has 0 aromatic heterocycles. The smallest absolute Gasteiger partial charge is 0.310 e. The zero-order valence-electron chi connectivity index (χ0n) is 8.40. The highest BCUT2D eigenvalue weighted by atomic mass is 19.1. The van der Waals surface area contributed by atoms with Gasteiger partial charge in [0.15, 0.2) is 0 Å². The van der Waals surface area contributed by atoms with Crippen molar-refractivity contribution in [1.29, 1.82) is 0 Å². The van der Waals surface area contributed by atoms with Gasteiger partial charge in [-0.3, -0.25) is 14.9 Å². The van der Waals surface area contributed by atoms with Crippen molar-refractivity contribution in [3.8, 4) is 0 Å². The van der Waals surface area contributed by atoms with E-state index in [2.05, 4.69) is 4.74 Å². The number of benzene rings is 1. The van der Waals surface area contributed by atoms with Crippen molar-refractivity contribution in [3.63, 3.8) is 0 Å². The maximum atomic E-state index is 13.3. The van der Waals surface area contributed by atoms with Gasteiger partial charge in [-0.05, 0) is 6.07 Å². The molecule has 0 atom stereocenters. The SMILES string of the molecule is COC(=O)Cc1cc(N)c([N+](=O)[O-])cc1F. The fourth-order valence-electron chi connectivity index (χ4n) is 1.15. The number of hydrogen-bond acceptors (Lipinski definition) is 5. The van der Waals surface area contributed by atoms with Crippen molar-refractivity contribution in [2.75, 3.05) is 12.8 Å². The van der Waals surface area contributed by atoms with E-state index in [1.54, 1.807) is 0 Å². The lowest BCUT2D eigenvalue weighted by atomic mass is 10.1. The standard InChI is InChI=1S/C9H9FN2O4/c1-16-9(13)3-5-2-7(11)8(12(14)15)4-6(5)10/h2,4H,3,11H2,1H3. The van der Waals surface area contributed by atoms with Crippen LogP contribution in [0.25, 0.3) is 0 Å². The van der Waals surface area contributed by atoms with Crippen molar-refractivity contribution in [3.05, 3.63) is 33.6 Å². The van der Waals surface area contributed by atoms with E-state index in [1.807, 2.05) is 0 Å². The Morgan fingerprint density at radius 3 is 2.75 bits per heavy atom. The third kappa shape index (κ3) is 2.44. The van der Waals surface area contributed by atoms with Gasteiger partial charge in [0.25, 0.3) is 5.69 Å². The minimum absolute atomic E-state index is 0.0325. The van der Waals surface area contributed by atoms with E-state index >= 15 is 0 Å². The predicted octanol–water partition coefficient (Wildman–Crippen LogP) is 1.03. The molecule has 0 radical (unpaired) electrons. The van der Waals surface area contributed by atoms with Gasteiger partial charge in [-0.15, -0.1) is 0 Å². The molecule has 1 rings (SSSR count). The van der Waals surface area contributed by atoms with Crippen molar-refractivity contribution >= 4 is 17.3 Å². The number of nitrogens with two attached hydrogens (primary N) is 1. The Balaban J connectivity index is 3.10. The molecule has 1 aromatic rings. The second-order valence-corrected chi connectivity index (χ2v) is 3.01. The fraction of sp³-hybridized carbons (Fsp3) is 0.222. The number of anilines is 1. The van der Waals surface area contributed by atoms with Crippen molar-refractivity contribution in [2.24, 2.45) is 0 Å². The molecule has 0 heterocycles. The Kier molecular flexibility index (Phi) is 3.39. The van der Waals surface area contributed by atoms with Gasteiger partial charge in [0, 0.05) is 5.56 Å². The van der Waals surface area contributed by atoms with Crippen LogP contribution in [0, 0.1) is 15.9 Å². The zero-order valence-corrected chi connectivity index (χ0v) is 8.40. The second-order valence-electron chi connectivity index (χ2n) is 3.01. The lowest BCUT2D eigenvalue weighted by Crippen LogP contribution is -2.07. The summed E-state index contributed by atoms with van der Waals surface area (Å²) in [5.41, 5.74) is 4.60. The van der Waals surface area contributed by atoms with E-state index in [9.17, 15) is 19.3 Å². The maximum absolute atomic E-state index is 13.3. The van der Waals surface area contributed by atoms with Gasteiger partial charge in [0.05, 0.1) is 24.5 Å². The number of rotatable bonds is 3. The Labute approximate surface area is 90.0 Å². The molecule has 86 valence electrons. The summed E-state index contributed by atoms with van der Waals surface area (Å²) in [6.45, 7) is 0. The van der Waals surface area contributed by atoms with Crippen LogP contribution in [0.4, 0.5) is 15.8 Å². The number of carbonyl (C=O) groups excluding carboxylic acids is 1. The van der Waals surface area contributed by atoms with Crippen LogP contribution in [-0.4, -0.2) is 18.0 Å². The summed E-state index contributed by atoms with van der Waals surface area (Å²) >= 11 is 0. The Hall–Kier alpha value is -2.18. The first-order valence-corrected chi connectivity index (χ1v) is 4.24. The van der Waals surface area contributed by atoms with Gasteiger partial charge in [-0.25, -0.2) is 4.39 Å². The van der Waals surface area contributed by atoms with Crippen LogP contribution in [0.5, 0.6) is 0 Å². The fourth-order valence-corrected chi connectivity index (χ4v) is 1.15. The van der Waals surface area contributed by atoms with Gasteiger partial charge < -0.3 is 10.5 Å². The number of nitrogens with zero attached hydrogens (tertiary/aromatic N) is 1.